The third-order valence-corrected chi connectivity index (χ3v) is 5.39. The number of aromatic nitrogens is 3. The second kappa shape index (κ2) is 9.03. The average Bonchev–Trinajstić information content (AvgIpc) is 3.42. The molecular formula is C19H26N6O2S. The minimum Gasteiger partial charge on any atom is -0.466 e. The molecular weight excluding hydrogens is 376 g/mol. The Balaban J connectivity index is 1.64. The number of hydrogen-bond acceptors (Lipinski definition) is 6. The van der Waals surface area contributed by atoms with E-state index in [-0.39, 0.29) is 6.54 Å². The van der Waals surface area contributed by atoms with E-state index in [9.17, 15) is 5.11 Å². The summed E-state index contributed by atoms with van der Waals surface area (Å²) in [6.07, 6.45) is 2.45. The highest BCUT2D eigenvalue weighted by Gasteiger charge is 2.26. The van der Waals surface area contributed by atoms with Gasteiger partial charge in [-0.3, -0.25) is 0 Å². The third-order valence-electron chi connectivity index (χ3n) is 4.46. The van der Waals surface area contributed by atoms with Crippen LogP contribution in [0.2, 0.25) is 0 Å². The molecule has 150 valence electrons. The fourth-order valence-corrected chi connectivity index (χ4v) is 3.31. The lowest BCUT2D eigenvalue weighted by molar-refractivity contribution is 0.0386. The van der Waals surface area contributed by atoms with Crippen LogP contribution in [0.25, 0.3) is 0 Å². The Kier molecular flexibility index (Phi) is 6.48. The molecule has 3 aromatic heterocycles. The van der Waals surface area contributed by atoms with Crippen LogP contribution in [0.4, 0.5) is 0 Å². The first kappa shape index (κ1) is 20.1. The Morgan fingerprint density at radius 3 is 2.82 bits per heavy atom. The number of aliphatic hydroxyl groups is 1. The summed E-state index contributed by atoms with van der Waals surface area (Å²) >= 11 is 1.73. The van der Waals surface area contributed by atoms with Gasteiger partial charge in [-0.15, -0.1) is 21.5 Å². The minimum absolute atomic E-state index is 0.253. The summed E-state index contributed by atoms with van der Waals surface area (Å²) in [4.78, 5) is 5.91. The van der Waals surface area contributed by atoms with Gasteiger partial charge in [0.05, 0.1) is 12.8 Å². The summed E-state index contributed by atoms with van der Waals surface area (Å²) in [7, 11) is 1.92. The second-order valence-corrected chi connectivity index (χ2v) is 7.78. The molecule has 0 radical (unpaired) electrons. The van der Waals surface area contributed by atoms with E-state index in [2.05, 4.69) is 37.3 Å². The van der Waals surface area contributed by atoms with Crippen LogP contribution in [0, 0.1) is 6.92 Å². The van der Waals surface area contributed by atoms with Gasteiger partial charge in [0.25, 0.3) is 0 Å². The van der Waals surface area contributed by atoms with Gasteiger partial charge in [0, 0.05) is 18.5 Å². The molecule has 1 atom stereocenters. The summed E-state index contributed by atoms with van der Waals surface area (Å²) in [5.74, 6) is 2.71. The van der Waals surface area contributed by atoms with Crippen molar-refractivity contribution in [2.75, 3.05) is 13.1 Å². The molecule has 0 amide bonds. The molecule has 9 heteroatoms. The van der Waals surface area contributed by atoms with Crippen LogP contribution in [0.3, 0.4) is 0 Å². The van der Waals surface area contributed by atoms with Gasteiger partial charge in [-0.05, 0) is 43.8 Å². The van der Waals surface area contributed by atoms with Crippen LogP contribution in [0.5, 0.6) is 0 Å². The van der Waals surface area contributed by atoms with Crippen molar-refractivity contribution in [3.05, 3.63) is 58.2 Å². The molecule has 3 N–H and O–H groups in total. The lowest BCUT2D eigenvalue weighted by atomic mass is 10.0. The van der Waals surface area contributed by atoms with Crippen molar-refractivity contribution >= 4 is 17.3 Å². The number of nitrogens with one attached hydrogen (secondary N) is 2. The number of nitrogens with zero attached hydrogens (tertiary/aromatic N) is 4. The second-order valence-electron chi connectivity index (χ2n) is 6.75. The molecule has 0 saturated carbocycles. The summed E-state index contributed by atoms with van der Waals surface area (Å²) in [6, 6.07) is 7.67. The first-order chi connectivity index (χ1) is 13.5. The number of hydrogen-bond donors (Lipinski definition) is 3. The SMILES string of the molecule is Cc1nnc(CN=C(NCCc2cccs2)NCC(C)(O)c2ccco2)n1C. The summed E-state index contributed by atoms with van der Waals surface area (Å²) in [5, 5.41) is 27.5. The van der Waals surface area contributed by atoms with E-state index >= 15 is 0 Å². The maximum Gasteiger partial charge on any atom is 0.191 e. The largest absolute Gasteiger partial charge is 0.466 e. The number of furan rings is 1. The predicted octanol–water partition coefficient (Wildman–Crippen LogP) is 1.96. The van der Waals surface area contributed by atoms with E-state index < -0.39 is 5.60 Å². The topological polar surface area (TPSA) is 100 Å². The highest BCUT2D eigenvalue weighted by molar-refractivity contribution is 7.09. The zero-order valence-electron chi connectivity index (χ0n) is 16.3. The molecule has 3 heterocycles. The van der Waals surface area contributed by atoms with Crippen molar-refractivity contribution in [1.82, 2.24) is 25.4 Å². The number of rotatable bonds is 8. The Hall–Kier alpha value is -2.65. The van der Waals surface area contributed by atoms with Gasteiger partial charge in [0.1, 0.15) is 23.7 Å². The molecule has 0 aliphatic rings. The first-order valence-corrected chi connectivity index (χ1v) is 9.99. The molecule has 3 aromatic rings. The van der Waals surface area contributed by atoms with Crippen molar-refractivity contribution < 1.29 is 9.52 Å². The number of thiophene rings is 1. The highest BCUT2D eigenvalue weighted by atomic mass is 32.1. The molecule has 1 unspecified atom stereocenters. The fourth-order valence-electron chi connectivity index (χ4n) is 2.60. The molecule has 8 nitrogen and oxygen atoms in total. The molecule has 0 aromatic carbocycles. The van der Waals surface area contributed by atoms with Crippen LogP contribution >= 0.6 is 11.3 Å². The van der Waals surface area contributed by atoms with Crippen LogP contribution in [0.1, 0.15) is 29.2 Å². The lowest BCUT2D eigenvalue weighted by Crippen LogP contribution is -2.45. The molecule has 0 bridgehead atoms. The van der Waals surface area contributed by atoms with Crippen molar-refractivity contribution in [3.63, 3.8) is 0 Å². The molecule has 0 aliphatic carbocycles. The molecule has 0 fully saturated rings. The maximum absolute atomic E-state index is 10.7. The average molecular weight is 403 g/mol. The Bertz CT molecular complexity index is 884. The normalized spacial score (nSPS) is 14.1. The zero-order valence-corrected chi connectivity index (χ0v) is 17.2. The number of aliphatic imine (C=N–C) groups is 1. The van der Waals surface area contributed by atoms with Crippen molar-refractivity contribution in [2.24, 2.45) is 12.0 Å². The molecule has 0 spiro atoms. The van der Waals surface area contributed by atoms with Crippen LogP contribution in [0.15, 0.2) is 45.3 Å². The third kappa shape index (κ3) is 5.20. The molecule has 0 saturated heterocycles. The van der Waals surface area contributed by atoms with Gasteiger partial charge in [-0.2, -0.15) is 0 Å². The molecule has 3 rings (SSSR count). The lowest BCUT2D eigenvalue weighted by Gasteiger charge is -2.23. The van der Waals surface area contributed by atoms with E-state index in [1.807, 2.05) is 24.6 Å². The van der Waals surface area contributed by atoms with Gasteiger partial charge in [0.15, 0.2) is 11.8 Å². The van der Waals surface area contributed by atoms with Crippen LogP contribution in [-0.4, -0.2) is 38.9 Å². The Labute approximate surface area is 168 Å². The van der Waals surface area contributed by atoms with Crippen molar-refractivity contribution in [3.8, 4) is 0 Å². The maximum atomic E-state index is 10.7. The standard InChI is InChI=1S/C19H26N6O2S/c1-14-23-24-17(25(14)3)12-21-18(20-9-8-15-6-5-11-28-15)22-13-19(2,26)16-7-4-10-27-16/h4-7,10-11,26H,8-9,12-13H2,1-3H3,(H2,20,21,22). The van der Waals surface area contributed by atoms with Crippen LogP contribution in [-0.2, 0) is 25.6 Å². The van der Waals surface area contributed by atoms with Gasteiger partial charge in [0.2, 0.25) is 0 Å². The van der Waals surface area contributed by atoms with Gasteiger partial charge in [-0.1, -0.05) is 6.07 Å². The summed E-state index contributed by atoms with van der Waals surface area (Å²) in [5.41, 5.74) is -1.15. The van der Waals surface area contributed by atoms with Gasteiger partial charge in [-0.25, -0.2) is 4.99 Å². The van der Waals surface area contributed by atoms with Gasteiger partial charge < -0.3 is 24.7 Å². The van der Waals surface area contributed by atoms with E-state index in [4.69, 9.17) is 4.42 Å². The number of guanidine groups is 1. The van der Waals surface area contributed by atoms with E-state index in [0.717, 1.165) is 24.6 Å². The molecule has 0 aliphatic heterocycles. The summed E-state index contributed by atoms with van der Waals surface area (Å²) in [6.45, 7) is 4.97. The fraction of sp³-hybridized carbons (Fsp3) is 0.421. The van der Waals surface area contributed by atoms with E-state index in [1.165, 1.54) is 4.88 Å². The minimum atomic E-state index is -1.15. The first-order valence-electron chi connectivity index (χ1n) is 9.11. The van der Waals surface area contributed by atoms with Gasteiger partial charge >= 0.3 is 0 Å². The number of aryl methyl sites for hydroxylation is 1. The van der Waals surface area contributed by atoms with Crippen LogP contribution < -0.4 is 10.6 Å². The molecule has 28 heavy (non-hydrogen) atoms. The van der Waals surface area contributed by atoms with E-state index in [1.54, 1.807) is 36.7 Å². The highest BCUT2D eigenvalue weighted by Crippen LogP contribution is 2.19. The smallest absolute Gasteiger partial charge is 0.191 e. The monoisotopic (exact) mass is 402 g/mol. The Morgan fingerprint density at radius 2 is 2.18 bits per heavy atom. The Morgan fingerprint density at radius 1 is 1.32 bits per heavy atom. The predicted molar refractivity (Wildman–Crippen MR) is 109 cm³/mol. The quantitative estimate of drug-likeness (QED) is 0.393. The van der Waals surface area contributed by atoms with Crippen molar-refractivity contribution in [2.45, 2.75) is 32.4 Å². The van der Waals surface area contributed by atoms with Crippen molar-refractivity contribution in [1.29, 1.82) is 0 Å². The van der Waals surface area contributed by atoms with E-state index in [0.29, 0.717) is 18.3 Å². The summed E-state index contributed by atoms with van der Waals surface area (Å²) < 4.78 is 7.25. The zero-order chi connectivity index (χ0) is 20.0.